The van der Waals surface area contributed by atoms with Crippen LogP contribution in [0.15, 0.2) is 11.3 Å². The molecule has 2 nitrogen and oxygen atoms in total. The molecule has 0 radical (unpaired) electrons. The largest absolute Gasteiger partial charge is 0.209 e. The van der Waals surface area contributed by atoms with Gasteiger partial charge in [0.15, 0.2) is 0 Å². The Morgan fingerprint density at radius 1 is 1.75 bits per heavy atom. The summed E-state index contributed by atoms with van der Waals surface area (Å²) in [5, 5.41) is 0.844. The molecule has 0 aliphatic rings. The van der Waals surface area contributed by atoms with Crippen LogP contribution in [-0.2, 0) is 0 Å². The highest BCUT2D eigenvalue weighted by atomic mass is 79.9. The van der Waals surface area contributed by atoms with E-state index in [0.717, 1.165) is 5.01 Å². The predicted octanol–water partition coefficient (Wildman–Crippen LogP) is 1.94. The third-order valence-electron chi connectivity index (χ3n) is 0.592. The second-order valence-corrected chi connectivity index (χ2v) is 2.60. The molecule has 0 fully saturated rings. The zero-order valence-electron chi connectivity index (χ0n) is 3.97. The van der Waals surface area contributed by atoms with Crippen molar-refractivity contribution in [3.63, 3.8) is 0 Å². The molecule has 1 rings (SSSR count). The van der Waals surface area contributed by atoms with Crippen molar-refractivity contribution in [3.05, 3.63) is 16.3 Å². The Bertz CT molecular complexity index is 196. The second kappa shape index (κ2) is 2.37. The van der Waals surface area contributed by atoms with Gasteiger partial charge in [0.2, 0.25) is 4.73 Å². The van der Waals surface area contributed by atoms with Crippen LogP contribution in [0.2, 0.25) is 0 Å². The van der Waals surface area contributed by atoms with Crippen molar-refractivity contribution in [2.45, 2.75) is 0 Å². The van der Waals surface area contributed by atoms with Crippen LogP contribution in [0, 0.1) is 0 Å². The van der Waals surface area contributed by atoms with E-state index in [9.17, 15) is 0 Å². The minimum atomic E-state index is 0.636. The average Bonchev–Trinajstić information content (AvgIpc) is 2.14. The molecule has 1 aromatic rings. The molecular formula is C4H3BrN2S. The lowest BCUT2D eigenvalue weighted by Gasteiger charge is -1.69. The highest BCUT2D eigenvalue weighted by molar-refractivity contribution is 9.10. The third kappa shape index (κ3) is 1.14. The van der Waals surface area contributed by atoms with Crippen LogP contribution >= 0.6 is 27.5 Å². The average molecular weight is 191 g/mol. The molecule has 0 aliphatic heterocycles. The standard InChI is InChI=1S/C4H3BrN2S/c1-2-3-6-4(5)7-8-3/h2H,1H2. The smallest absolute Gasteiger partial charge is 0.209 e. The van der Waals surface area contributed by atoms with E-state index in [1.165, 1.54) is 11.5 Å². The van der Waals surface area contributed by atoms with Gasteiger partial charge < -0.3 is 0 Å². The van der Waals surface area contributed by atoms with E-state index in [1.807, 2.05) is 0 Å². The van der Waals surface area contributed by atoms with E-state index in [1.54, 1.807) is 6.08 Å². The molecule has 0 aliphatic carbocycles. The van der Waals surface area contributed by atoms with Crippen molar-refractivity contribution < 1.29 is 0 Å². The molecule has 1 heterocycles. The lowest BCUT2D eigenvalue weighted by Crippen LogP contribution is -1.64. The number of aromatic nitrogens is 2. The predicted molar refractivity (Wildman–Crippen MR) is 37.7 cm³/mol. The van der Waals surface area contributed by atoms with E-state index in [2.05, 4.69) is 31.9 Å². The lowest BCUT2D eigenvalue weighted by molar-refractivity contribution is 1.25. The molecule has 8 heavy (non-hydrogen) atoms. The van der Waals surface area contributed by atoms with E-state index >= 15 is 0 Å². The molecular weight excluding hydrogens is 188 g/mol. The summed E-state index contributed by atoms with van der Waals surface area (Å²) in [5.74, 6) is 0. The quantitative estimate of drug-likeness (QED) is 0.677. The van der Waals surface area contributed by atoms with Gasteiger partial charge in [-0.2, -0.15) is 4.37 Å². The molecule has 42 valence electrons. The molecule has 0 N–H and O–H groups in total. The van der Waals surface area contributed by atoms with E-state index in [-0.39, 0.29) is 0 Å². The van der Waals surface area contributed by atoms with Gasteiger partial charge in [-0.25, -0.2) is 4.98 Å². The normalized spacial score (nSPS) is 9.12. The fourth-order valence-electron chi connectivity index (χ4n) is 0.299. The maximum absolute atomic E-state index is 3.94. The van der Waals surface area contributed by atoms with E-state index in [4.69, 9.17) is 0 Å². The number of hydrogen-bond donors (Lipinski definition) is 0. The number of hydrogen-bond acceptors (Lipinski definition) is 3. The van der Waals surface area contributed by atoms with Crippen LogP contribution in [0.3, 0.4) is 0 Å². The molecule has 0 spiro atoms. The van der Waals surface area contributed by atoms with Crippen molar-refractivity contribution in [2.75, 3.05) is 0 Å². The molecule has 0 bridgehead atoms. The number of nitrogens with zero attached hydrogens (tertiary/aromatic N) is 2. The summed E-state index contributed by atoms with van der Waals surface area (Å²) in [6.07, 6.45) is 1.67. The molecule has 0 amide bonds. The molecule has 4 heteroatoms. The summed E-state index contributed by atoms with van der Waals surface area (Å²) in [6.45, 7) is 3.53. The SMILES string of the molecule is C=Cc1nc(Br)ns1. The Morgan fingerprint density at radius 3 is 2.75 bits per heavy atom. The summed E-state index contributed by atoms with van der Waals surface area (Å²) < 4.78 is 4.50. The number of halogens is 1. The van der Waals surface area contributed by atoms with Gasteiger partial charge in [0.05, 0.1) is 0 Å². The monoisotopic (exact) mass is 190 g/mol. The van der Waals surface area contributed by atoms with Gasteiger partial charge in [-0.3, -0.25) is 0 Å². The van der Waals surface area contributed by atoms with Crippen LogP contribution < -0.4 is 0 Å². The van der Waals surface area contributed by atoms with Crippen molar-refractivity contribution in [2.24, 2.45) is 0 Å². The number of rotatable bonds is 1. The topological polar surface area (TPSA) is 25.8 Å². The molecule has 0 saturated heterocycles. The summed E-state index contributed by atoms with van der Waals surface area (Å²) in [7, 11) is 0. The highest BCUT2D eigenvalue weighted by Crippen LogP contribution is 2.09. The minimum Gasteiger partial charge on any atom is -0.209 e. The summed E-state index contributed by atoms with van der Waals surface area (Å²) in [5.41, 5.74) is 0. The summed E-state index contributed by atoms with van der Waals surface area (Å²) in [4.78, 5) is 3.94. The first kappa shape index (κ1) is 5.91. The first-order valence-corrected chi connectivity index (χ1v) is 3.51. The Labute approximate surface area is 59.6 Å². The molecule has 0 saturated carbocycles. The third-order valence-corrected chi connectivity index (χ3v) is 1.89. The van der Waals surface area contributed by atoms with Gasteiger partial charge in [0.1, 0.15) is 5.01 Å². The first-order chi connectivity index (χ1) is 3.83. The molecule has 0 aromatic carbocycles. The Hall–Kier alpha value is -0.220. The van der Waals surface area contributed by atoms with Crippen LogP contribution in [0.25, 0.3) is 6.08 Å². The fourth-order valence-corrected chi connectivity index (χ4v) is 1.24. The van der Waals surface area contributed by atoms with Crippen LogP contribution in [0.5, 0.6) is 0 Å². The van der Waals surface area contributed by atoms with Crippen LogP contribution in [0.1, 0.15) is 5.01 Å². The van der Waals surface area contributed by atoms with Crippen molar-refractivity contribution in [1.82, 2.24) is 9.36 Å². The van der Waals surface area contributed by atoms with Crippen molar-refractivity contribution in [1.29, 1.82) is 0 Å². The van der Waals surface area contributed by atoms with Gasteiger partial charge in [-0.15, -0.1) is 0 Å². The van der Waals surface area contributed by atoms with Gasteiger partial charge in [0.25, 0.3) is 0 Å². The van der Waals surface area contributed by atoms with Gasteiger partial charge in [-0.1, -0.05) is 6.58 Å². The van der Waals surface area contributed by atoms with Gasteiger partial charge >= 0.3 is 0 Å². The van der Waals surface area contributed by atoms with E-state index < -0.39 is 0 Å². The Morgan fingerprint density at radius 2 is 2.50 bits per heavy atom. The van der Waals surface area contributed by atoms with E-state index in [0.29, 0.717) is 4.73 Å². The van der Waals surface area contributed by atoms with Crippen molar-refractivity contribution >= 4 is 33.5 Å². The second-order valence-electron chi connectivity index (χ2n) is 1.11. The highest BCUT2D eigenvalue weighted by Gasteiger charge is 1.92. The fraction of sp³-hybridized carbons (Fsp3) is 0. The van der Waals surface area contributed by atoms with Crippen LogP contribution in [-0.4, -0.2) is 9.36 Å². The lowest BCUT2D eigenvalue weighted by atomic mass is 10.7. The molecule has 1 aromatic heterocycles. The Balaban J connectivity index is 3.00. The van der Waals surface area contributed by atoms with Crippen LogP contribution in [0.4, 0.5) is 0 Å². The summed E-state index contributed by atoms with van der Waals surface area (Å²) >= 11 is 4.44. The maximum atomic E-state index is 3.94. The Kier molecular flexibility index (Phi) is 1.75. The summed E-state index contributed by atoms with van der Waals surface area (Å²) in [6, 6.07) is 0. The molecule has 0 unspecified atom stereocenters. The van der Waals surface area contributed by atoms with Gasteiger partial charge in [0, 0.05) is 0 Å². The minimum absolute atomic E-state index is 0.636. The van der Waals surface area contributed by atoms with Crippen molar-refractivity contribution in [3.8, 4) is 0 Å². The zero-order valence-corrected chi connectivity index (χ0v) is 6.37. The first-order valence-electron chi connectivity index (χ1n) is 1.94. The molecule has 0 atom stereocenters. The zero-order chi connectivity index (χ0) is 5.98. The maximum Gasteiger partial charge on any atom is 0.209 e. The van der Waals surface area contributed by atoms with Gasteiger partial charge in [-0.05, 0) is 33.5 Å².